The lowest BCUT2D eigenvalue weighted by Crippen LogP contribution is -1.81. The van der Waals surface area contributed by atoms with Crippen molar-refractivity contribution in [1.82, 2.24) is 4.37 Å². The molecule has 0 aliphatic rings. The first-order valence-electron chi connectivity index (χ1n) is 5.50. The zero-order chi connectivity index (χ0) is 11.5. The Kier molecular flexibility index (Phi) is 2.72. The molecule has 0 saturated carbocycles. The van der Waals surface area contributed by atoms with Gasteiger partial charge in [0.05, 0.1) is 5.69 Å². The molecule has 0 amide bonds. The maximum atomic E-state index is 4.50. The van der Waals surface area contributed by atoms with Gasteiger partial charge in [0.1, 0.15) is 0 Å². The van der Waals surface area contributed by atoms with Crippen LogP contribution >= 0.6 is 11.5 Å². The molecule has 0 unspecified atom stereocenters. The maximum absolute atomic E-state index is 4.50. The Balaban J connectivity index is 2.13. The van der Waals surface area contributed by atoms with Crippen molar-refractivity contribution in [2.24, 2.45) is 0 Å². The van der Waals surface area contributed by atoms with Gasteiger partial charge in [-0.05, 0) is 17.1 Å². The van der Waals surface area contributed by atoms with Crippen LogP contribution in [0, 0.1) is 0 Å². The summed E-state index contributed by atoms with van der Waals surface area (Å²) < 4.78 is 4.50. The van der Waals surface area contributed by atoms with Gasteiger partial charge in [0.25, 0.3) is 0 Å². The molecule has 3 aromatic rings. The number of aromatic nitrogens is 1. The van der Waals surface area contributed by atoms with Crippen molar-refractivity contribution in [2.45, 2.75) is 0 Å². The number of benzene rings is 2. The molecule has 1 aromatic heterocycles. The Labute approximate surface area is 105 Å². The minimum atomic E-state index is 1.07. The Bertz CT molecular complexity index is 545. The van der Waals surface area contributed by atoms with Crippen molar-refractivity contribution in [3.63, 3.8) is 0 Å². The predicted molar refractivity (Wildman–Crippen MR) is 73.0 cm³/mol. The molecule has 2 heteroatoms. The molecule has 0 aliphatic carbocycles. The zero-order valence-corrected chi connectivity index (χ0v) is 10.0. The van der Waals surface area contributed by atoms with Crippen LogP contribution in [0.4, 0.5) is 0 Å². The first-order valence-corrected chi connectivity index (χ1v) is 6.34. The second kappa shape index (κ2) is 4.52. The fourth-order valence-electron chi connectivity index (χ4n) is 1.86. The van der Waals surface area contributed by atoms with Gasteiger partial charge in [-0.3, -0.25) is 0 Å². The van der Waals surface area contributed by atoms with Crippen LogP contribution in [0.15, 0.2) is 66.0 Å². The average Bonchev–Trinajstić information content (AvgIpc) is 2.90. The normalized spacial score (nSPS) is 10.4. The molecule has 1 nitrogen and oxygen atoms in total. The van der Waals surface area contributed by atoms with Crippen LogP contribution in [0.25, 0.3) is 22.4 Å². The average molecular weight is 237 g/mol. The summed E-state index contributed by atoms with van der Waals surface area (Å²) in [7, 11) is 0. The van der Waals surface area contributed by atoms with Crippen molar-refractivity contribution < 1.29 is 0 Å². The van der Waals surface area contributed by atoms with Crippen LogP contribution in [-0.2, 0) is 0 Å². The van der Waals surface area contributed by atoms with Gasteiger partial charge >= 0.3 is 0 Å². The third kappa shape index (κ3) is 1.99. The van der Waals surface area contributed by atoms with E-state index in [1.165, 1.54) is 28.2 Å². The van der Waals surface area contributed by atoms with Crippen LogP contribution in [-0.4, -0.2) is 4.37 Å². The van der Waals surface area contributed by atoms with Crippen molar-refractivity contribution in [3.8, 4) is 22.4 Å². The minimum Gasteiger partial charge on any atom is -0.192 e. The Morgan fingerprint density at radius 2 is 1.29 bits per heavy atom. The number of rotatable bonds is 2. The molecule has 17 heavy (non-hydrogen) atoms. The molecule has 0 atom stereocenters. The summed E-state index contributed by atoms with van der Waals surface area (Å²) in [5.74, 6) is 0. The molecule has 0 saturated heterocycles. The zero-order valence-electron chi connectivity index (χ0n) is 9.21. The Morgan fingerprint density at radius 3 is 1.94 bits per heavy atom. The van der Waals surface area contributed by atoms with Gasteiger partial charge in [-0.25, -0.2) is 0 Å². The van der Waals surface area contributed by atoms with Crippen molar-refractivity contribution in [1.29, 1.82) is 0 Å². The molecule has 0 N–H and O–H groups in total. The van der Waals surface area contributed by atoms with Gasteiger partial charge in [0.2, 0.25) is 0 Å². The highest BCUT2D eigenvalue weighted by Gasteiger charge is 2.09. The summed E-state index contributed by atoms with van der Waals surface area (Å²) in [4.78, 5) is 0. The lowest BCUT2D eigenvalue weighted by molar-refractivity contribution is 1.51. The van der Waals surface area contributed by atoms with Gasteiger partial charge in [-0.2, -0.15) is 4.37 Å². The molecule has 3 rings (SSSR count). The van der Waals surface area contributed by atoms with E-state index >= 15 is 0 Å². The van der Waals surface area contributed by atoms with E-state index in [2.05, 4.69) is 46.2 Å². The highest BCUT2D eigenvalue weighted by Crippen LogP contribution is 2.32. The van der Waals surface area contributed by atoms with Crippen LogP contribution in [0.2, 0.25) is 0 Å². The van der Waals surface area contributed by atoms with Crippen LogP contribution in [0.3, 0.4) is 0 Å². The van der Waals surface area contributed by atoms with Gasteiger partial charge in [0.15, 0.2) is 0 Å². The third-order valence-corrected chi connectivity index (χ3v) is 3.33. The van der Waals surface area contributed by atoms with E-state index < -0.39 is 0 Å². The quantitative estimate of drug-likeness (QED) is 0.640. The first kappa shape index (κ1) is 10.2. The van der Waals surface area contributed by atoms with E-state index in [1.807, 2.05) is 24.3 Å². The van der Waals surface area contributed by atoms with Crippen molar-refractivity contribution >= 4 is 11.5 Å². The van der Waals surface area contributed by atoms with E-state index in [0.29, 0.717) is 0 Å². The summed E-state index contributed by atoms with van der Waals surface area (Å²) in [5.41, 5.74) is 4.68. The monoisotopic (exact) mass is 237 g/mol. The molecular formula is C15H11NS. The summed E-state index contributed by atoms with van der Waals surface area (Å²) >= 11 is 1.51. The van der Waals surface area contributed by atoms with Crippen molar-refractivity contribution in [2.75, 3.05) is 0 Å². The molecule has 82 valence electrons. The standard InChI is InChI=1S/C15H11NS/c1-3-7-12(8-4-1)14-11-17-16-15(14)13-9-5-2-6-10-13/h1-11H. The highest BCUT2D eigenvalue weighted by molar-refractivity contribution is 7.04. The molecule has 0 spiro atoms. The molecular weight excluding hydrogens is 226 g/mol. The van der Waals surface area contributed by atoms with E-state index in [4.69, 9.17) is 0 Å². The van der Waals surface area contributed by atoms with Gasteiger partial charge < -0.3 is 0 Å². The maximum Gasteiger partial charge on any atom is 0.0918 e. The molecule has 0 aliphatic heterocycles. The summed E-state index contributed by atoms with van der Waals surface area (Å²) in [5, 5.41) is 2.11. The Hall–Kier alpha value is -1.93. The van der Waals surface area contributed by atoms with Crippen LogP contribution in [0.5, 0.6) is 0 Å². The van der Waals surface area contributed by atoms with Gasteiger partial charge in [-0.15, -0.1) is 0 Å². The SMILES string of the molecule is c1ccc(-c2csnc2-c2ccccc2)cc1. The van der Waals surface area contributed by atoms with Crippen LogP contribution < -0.4 is 0 Å². The summed E-state index contributed by atoms with van der Waals surface area (Å²) in [6.45, 7) is 0. The summed E-state index contributed by atoms with van der Waals surface area (Å²) in [6, 6.07) is 20.7. The number of hydrogen-bond acceptors (Lipinski definition) is 2. The second-order valence-electron chi connectivity index (χ2n) is 3.81. The first-order chi connectivity index (χ1) is 8.45. The number of nitrogens with zero attached hydrogens (tertiary/aromatic N) is 1. The van der Waals surface area contributed by atoms with Crippen molar-refractivity contribution in [3.05, 3.63) is 66.0 Å². The summed E-state index contributed by atoms with van der Waals surface area (Å²) in [6.07, 6.45) is 0. The molecule has 0 bridgehead atoms. The van der Waals surface area contributed by atoms with E-state index in [9.17, 15) is 0 Å². The largest absolute Gasteiger partial charge is 0.192 e. The van der Waals surface area contributed by atoms with E-state index in [0.717, 1.165) is 5.69 Å². The topological polar surface area (TPSA) is 12.9 Å². The smallest absolute Gasteiger partial charge is 0.0918 e. The minimum absolute atomic E-state index is 1.07. The molecule has 1 heterocycles. The van der Waals surface area contributed by atoms with Gasteiger partial charge in [-0.1, -0.05) is 60.7 Å². The lowest BCUT2D eigenvalue weighted by atomic mass is 10.0. The fourth-order valence-corrected chi connectivity index (χ4v) is 2.58. The third-order valence-electron chi connectivity index (χ3n) is 2.70. The predicted octanol–water partition coefficient (Wildman–Crippen LogP) is 4.48. The molecule has 0 fully saturated rings. The highest BCUT2D eigenvalue weighted by atomic mass is 32.1. The second-order valence-corrected chi connectivity index (χ2v) is 4.44. The molecule has 0 radical (unpaired) electrons. The molecule has 2 aromatic carbocycles. The van der Waals surface area contributed by atoms with E-state index in [-0.39, 0.29) is 0 Å². The fraction of sp³-hybridized carbons (Fsp3) is 0. The lowest BCUT2D eigenvalue weighted by Gasteiger charge is -2.02. The van der Waals surface area contributed by atoms with E-state index in [1.54, 1.807) is 0 Å². The van der Waals surface area contributed by atoms with Gasteiger partial charge in [0, 0.05) is 16.5 Å². The van der Waals surface area contributed by atoms with Crippen LogP contribution in [0.1, 0.15) is 0 Å². The Morgan fingerprint density at radius 1 is 0.706 bits per heavy atom. The number of hydrogen-bond donors (Lipinski definition) is 0.